The quantitative estimate of drug-likeness (QED) is 0.633. The summed E-state index contributed by atoms with van der Waals surface area (Å²) in [4.78, 5) is 10.3. The number of nitrogens with zero attached hydrogens (tertiary/aromatic N) is 1. The second-order valence-corrected chi connectivity index (χ2v) is 4.92. The summed E-state index contributed by atoms with van der Waals surface area (Å²) in [7, 11) is 0. The van der Waals surface area contributed by atoms with Crippen LogP contribution < -0.4 is 5.32 Å². The highest BCUT2D eigenvalue weighted by atomic mass is 16.6. The van der Waals surface area contributed by atoms with Gasteiger partial charge in [0, 0.05) is 31.8 Å². The normalized spacial score (nSPS) is 22.6. The van der Waals surface area contributed by atoms with Crippen LogP contribution in [0.25, 0.3) is 0 Å². The van der Waals surface area contributed by atoms with Crippen LogP contribution in [0.15, 0.2) is 24.3 Å². The van der Waals surface area contributed by atoms with Gasteiger partial charge >= 0.3 is 0 Å². The molecular formula is C14H20N2O3. The highest BCUT2D eigenvalue weighted by Gasteiger charge is 2.25. The summed E-state index contributed by atoms with van der Waals surface area (Å²) < 4.78 is 5.64. The summed E-state index contributed by atoms with van der Waals surface area (Å²) >= 11 is 0. The maximum atomic E-state index is 10.7. The highest BCUT2D eigenvalue weighted by Crippen LogP contribution is 2.22. The van der Waals surface area contributed by atoms with E-state index in [1.54, 1.807) is 12.1 Å². The number of benzene rings is 1. The van der Waals surface area contributed by atoms with Gasteiger partial charge in [0.2, 0.25) is 0 Å². The van der Waals surface area contributed by atoms with Crippen molar-refractivity contribution in [3.63, 3.8) is 0 Å². The molecule has 0 amide bonds. The minimum absolute atomic E-state index is 0.148. The van der Waals surface area contributed by atoms with E-state index >= 15 is 0 Å². The molecule has 2 unspecified atom stereocenters. The van der Waals surface area contributed by atoms with Gasteiger partial charge in [-0.3, -0.25) is 10.1 Å². The van der Waals surface area contributed by atoms with E-state index < -0.39 is 0 Å². The van der Waals surface area contributed by atoms with Crippen LogP contribution in [0, 0.1) is 16.0 Å². The van der Waals surface area contributed by atoms with Crippen LogP contribution in [0.5, 0.6) is 0 Å². The number of nitro benzene ring substituents is 1. The molecule has 0 radical (unpaired) electrons. The van der Waals surface area contributed by atoms with Gasteiger partial charge in [0.15, 0.2) is 0 Å². The van der Waals surface area contributed by atoms with Crippen LogP contribution in [-0.4, -0.2) is 24.2 Å². The van der Waals surface area contributed by atoms with Crippen LogP contribution in [0.4, 0.5) is 5.69 Å². The number of rotatable bonds is 6. The third-order valence-corrected chi connectivity index (χ3v) is 3.61. The van der Waals surface area contributed by atoms with E-state index in [2.05, 4.69) is 12.2 Å². The van der Waals surface area contributed by atoms with Crippen molar-refractivity contribution >= 4 is 5.69 Å². The Morgan fingerprint density at radius 2 is 2.37 bits per heavy atom. The van der Waals surface area contributed by atoms with Gasteiger partial charge < -0.3 is 10.1 Å². The first-order valence-electron chi connectivity index (χ1n) is 6.76. The molecule has 104 valence electrons. The summed E-state index contributed by atoms with van der Waals surface area (Å²) in [6.45, 7) is 4.56. The van der Waals surface area contributed by atoms with E-state index in [-0.39, 0.29) is 10.6 Å². The molecule has 0 aliphatic carbocycles. The van der Waals surface area contributed by atoms with Crippen molar-refractivity contribution in [2.24, 2.45) is 5.92 Å². The molecule has 0 aromatic heterocycles. The highest BCUT2D eigenvalue weighted by molar-refractivity contribution is 5.34. The Morgan fingerprint density at radius 1 is 1.53 bits per heavy atom. The Morgan fingerprint density at radius 3 is 3.11 bits per heavy atom. The maximum Gasteiger partial charge on any atom is 0.269 e. The van der Waals surface area contributed by atoms with E-state index in [0.717, 1.165) is 31.6 Å². The Balaban J connectivity index is 1.82. The lowest BCUT2D eigenvalue weighted by atomic mass is 9.99. The van der Waals surface area contributed by atoms with Crippen molar-refractivity contribution in [2.75, 3.05) is 13.2 Å². The third kappa shape index (κ3) is 3.75. The van der Waals surface area contributed by atoms with Crippen LogP contribution in [0.3, 0.4) is 0 Å². The number of nitrogens with one attached hydrogen (secondary N) is 1. The van der Waals surface area contributed by atoms with Crippen molar-refractivity contribution in [3.8, 4) is 0 Å². The van der Waals surface area contributed by atoms with Crippen LogP contribution in [0.1, 0.15) is 25.3 Å². The lowest BCUT2D eigenvalue weighted by molar-refractivity contribution is -0.384. The molecule has 1 heterocycles. The van der Waals surface area contributed by atoms with E-state index in [1.165, 1.54) is 6.07 Å². The van der Waals surface area contributed by atoms with Crippen LogP contribution >= 0.6 is 0 Å². The fourth-order valence-corrected chi connectivity index (χ4v) is 2.56. The van der Waals surface area contributed by atoms with Gasteiger partial charge in [0.1, 0.15) is 0 Å². The monoisotopic (exact) mass is 264 g/mol. The Kier molecular flexibility index (Phi) is 4.87. The smallest absolute Gasteiger partial charge is 0.269 e. The molecule has 1 aliphatic heterocycles. The largest absolute Gasteiger partial charge is 0.378 e. The SMILES string of the molecule is CCC1OCCC1CNCc1cccc([N+](=O)[O-])c1. The summed E-state index contributed by atoms with van der Waals surface area (Å²) in [5.41, 5.74) is 1.09. The molecule has 1 aromatic carbocycles. The van der Waals surface area contributed by atoms with E-state index in [4.69, 9.17) is 4.74 Å². The molecule has 0 bridgehead atoms. The summed E-state index contributed by atoms with van der Waals surface area (Å²) in [5, 5.41) is 14.1. The van der Waals surface area contributed by atoms with Crippen LogP contribution in [-0.2, 0) is 11.3 Å². The minimum Gasteiger partial charge on any atom is -0.378 e. The molecule has 19 heavy (non-hydrogen) atoms. The van der Waals surface area contributed by atoms with Gasteiger partial charge in [-0.15, -0.1) is 0 Å². The lowest BCUT2D eigenvalue weighted by Gasteiger charge is -2.17. The van der Waals surface area contributed by atoms with Crippen LogP contribution in [0.2, 0.25) is 0 Å². The molecule has 1 aromatic rings. The molecule has 0 saturated carbocycles. The van der Waals surface area contributed by atoms with Gasteiger partial charge in [0.05, 0.1) is 11.0 Å². The first-order valence-corrected chi connectivity index (χ1v) is 6.76. The number of nitro groups is 1. The molecular weight excluding hydrogens is 244 g/mol. The van der Waals surface area contributed by atoms with Gasteiger partial charge in [-0.05, 0) is 24.3 Å². The van der Waals surface area contributed by atoms with Gasteiger partial charge in [0.25, 0.3) is 5.69 Å². The fourth-order valence-electron chi connectivity index (χ4n) is 2.56. The molecule has 1 saturated heterocycles. The van der Waals surface area contributed by atoms with Crippen molar-refractivity contribution < 1.29 is 9.66 Å². The molecule has 2 rings (SSSR count). The average molecular weight is 264 g/mol. The first kappa shape index (κ1) is 14.0. The zero-order valence-corrected chi connectivity index (χ0v) is 11.2. The van der Waals surface area contributed by atoms with E-state index in [9.17, 15) is 10.1 Å². The summed E-state index contributed by atoms with van der Waals surface area (Å²) in [6, 6.07) is 6.77. The molecule has 2 atom stereocenters. The molecule has 0 spiro atoms. The number of non-ortho nitro benzene ring substituents is 1. The van der Waals surface area contributed by atoms with Gasteiger partial charge in [-0.2, -0.15) is 0 Å². The second kappa shape index (κ2) is 6.63. The zero-order valence-electron chi connectivity index (χ0n) is 11.2. The fraction of sp³-hybridized carbons (Fsp3) is 0.571. The van der Waals surface area contributed by atoms with E-state index in [0.29, 0.717) is 18.6 Å². The lowest BCUT2D eigenvalue weighted by Crippen LogP contribution is -2.27. The third-order valence-electron chi connectivity index (χ3n) is 3.61. The van der Waals surface area contributed by atoms with Crippen molar-refractivity contribution in [1.29, 1.82) is 0 Å². The minimum atomic E-state index is -0.360. The number of hydrogen-bond acceptors (Lipinski definition) is 4. The predicted molar refractivity (Wildman–Crippen MR) is 72.9 cm³/mol. The maximum absolute atomic E-state index is 10.7. The van der Waals surface area contributed by atoms with E-state index in [1.807, 2.05) is 6.07 Å². The molecule has 1 N–H and O–H groups in total. The number of hydrogen-bond donors (Lipinski definition) is 1. The Labute approximate surface area is 113 Å². The molecule has 5 heteroatoms. The summed E-state index contributed by atoms with van der Waals surface area (Å²) in [6.07, 6.45) is 2.50. The van der Waals surface area contributed by atoms with Gasteiger partial charge in [-0.25, -0.2) is 0 Å². The second-order valence-electron chi connectivity index (χ2n) is 4.92. The van der Waals surface area contributed by atoms with Crippen molar-refractivity contribution in [2.45, 2.75) is 32.4 Å². The Bertz CT molecular complexity index is 436. The average Bonchev–Trinajstić information content (AvgIpc) is 2.86. The number of ether oxygens (including phenoxy) is 1. The predicted octanol–water partition coefficient (Wildman–Crippen LogP) is 2.50. The first-order chi connectivity index (χ1) is 9.20. The molecule has 1 fully saturated rings. The van der Waals surface area contributed by atoms with Gasteiger partial charge in [-0.1, -0.05) is 19.1 Å². The Hall–Kier alpha value is -1.46. The zero-order chi connectivity index (χ0) is 13.7. The standard InChI is InChI=1S/C14H20N2O3/c1-2-14-12(6-7-19-14)10-15-9-11-4-3-5-13(8-11)16(17)18/h3-5,8,12,14-15H,2,6-7,9-10H2,1H3. The molecule has 1 aliphatic rings. The topological polar surface area (TPSA) is 64.4 Å². The van der Waals surface area contributed by atoms with Crippen molar-refractivity contribution in [1.82, 2.24) is 5.32 Å². The molecule has 5 nitrogen and oxygen atoms in total. The summed E-state index contributed by atoms with van der Waals surface area (Å²) in [5.74, 6) is 0.559. The van der Waals surface area contributed by atoms with Crippen molar-refractivity contribution in [3.05, 3.63) is 39.9 Å².